The maximum absolute atomic E-state index is 5.53. The second-order valence-corrected chi connectivity index (χ2v) is 14.5. The molecule has 2 aromatic heterocycles. The average molecular weight is 865 g/mol. The lowest BCUT2D eigenvalue weighted by molar-refractivity contribution is -0.873. The van der Waals surface area contributed by atoms with E-state index < -0.39 is 0 Å². The molecule has 9 heteroatoms. The Morgan fingerprint density at radius 2 is 0.981 bits per heavy atom. The number of halogens is 2. The highest BCUT2D eigenvalue weighted by Gasteiger charge is 2.19. The fourth-order valence-corrected chi connectivity index (χ4v) is 7.27. The first-order valence-corrected chi connectivity index (χ1v) is 18.3. The molecule has 0 N–H and O–H groups in total. The van der Waals surface area contributed by atoms with Crippen LogP contribution in [-0.4, -0.2) is 55.1 Å². The number of benzene rings is 5. The van der Waals surface area contributed by atoms with Gasteiger partial charge in [0.2, 0.25) is 0 Å². The molecule has 2 heterocycles. The molecule has 0 bridgehead atoms. The van der Waals surface area contributed by atoms with E-state index in [1.54, 1.807) is 14.2 Å². The van der Waals surface area contributed by atoms with Gasteiger partial charge in [-0.05, 0) is 68.8 Å². The molecule has 5 aromatic carbocycles. The van der Waals surface area contributed by atoms with Crippen molar-refractivity contribution in [3.05, 3.63) is 162 Å². The minimum Gasteiger partial charge on any atom is -1.00 e. The Morgan fingerprint density at radius 3 is 1.43 bits per heavy atom. The smallest absolute Gasteiger partial charge is 0.169 e. The molecular formula is C45H44Br2N4O2S. The van der Waals surface area contributed by atoms with E-state index in [-0.39, 0.29) is 34.0 Å². The number of fused-ring (bicyclic) bond motifs is 1. The van der Waals surface area contributed by atoms with Crippen LogP contribution in [0.25, 0.3) is 44.4 Å². The molecule has 6 nitrogen and oxygen atoms in total. The number of pyridine rings is 1. The Balaban J connectivity index is 0.00000280. The normalized spacial score (nSPS) is 11.6. The highest BCUT2D eigenvalue weighted by Crippen LogP contribution is 2.40. The van der Waals surface area contributed by atoms with Crippen LogP contribution < -0.4 is 48.0 Å². The van der Waals surface area contributed by atoms with Crippen molar-refractivity contribution in [3.8, 4) is 33.8 Å². The van der Waals surface area contributed by atoms with E-state index in [0.29, 0.717) is 0 Å². The minimum atomic E-state index is 0. The molecule has 0 saturated heterocycles. The molecule has 0 aliphatic rings. The first kappa shape index (κ1) is 40.5. The van der Waals surface area contributed by atoms with Crippen LogP contribution in [-0.2, 0) is 6.54 Å². The summed E-state index contributed by atoms with van der Waals surface area (Å²) in [6.07, 6.45) is 5.48. The van der Waals surface area contributed by atoms with Crippen molar-refractivity contribution in [2.24, 2.45) is 0 Å². The zero-order chi connectivity index (χ0) is 36.1. The lowest BCUT2D eigenvalue weighted by Crippen LogP contribution is -3.00. The molecule has 0 aliphatic carbocycles. The molecule has 0 radical (unpaired) electrons. The van der Waals surface area contributed by atoms with Crippen molar-refractivity contribution in [1.82, 2.24) is 8.75 Å². The summed E-state index contributed by atoms with van der Waals surface area (Å²) in [5, 5.41) is 0. The van der Waals surface area contributed by atoms with Crippen LogP contribution in [0, 0.1) is 0 Å². The largest absolute Gasteiger partial charge is 1.00 e. The maximum atomic E-state index is 5.53. The Bertz CT molecular complexity index is 2300. The monoisotopic (exact) mass is 862 g/mol. The first-order chi connectivity index (χ1) is 25.3. The third-order valence-corrected chi connectivity index (χ3v) is 9.95. The van der Waals surface area contributed by atoms with Crippen LogP contribution in [0.5, 0.6) is 11.5 Å². The summed E-state index contributed by atoms with van der Waals surface area (Å²) < 4.78 is 23.8. The van der Waals surface area contributed by atoms with E-state index in [1.165, 1.54) is 11.7 Å². The third kappa shape index (κ3) is 9.16. The maximum Gasteiger partial charge on any atom is 0.169 e. The molecule has 0 amide bonds. The standard InChI is InChI=1S/C45H44N4O2S.2BrH/c1-49(2,3)31-9-28-48-29-26-33(27-30-48)41-25-24-40(44-45(41)47-52-46-44)32-12-14-35(15-13-32)43(37-18-22-39(51-5)23-19-37)42(34-10-7-6-8-11-34)36-16-20-38(50-4)21-17-36;;/h6-8,10-27,29-30H,9,28,31H2,1-5H3;2*1H/q+2;;/p-2/b43-42-;;. The van der Waals surface area contributed by atoms with Crippen LogP contribution in [0.3, 0.4) is 0 Å². The first-order valence-electron chi connectivity index (χ1n) is 17.6. The Hall–Kier alpha value is -4.67. The highest BCUT2D eigenvalue weighted by molar-refractivity contribution is 7.00. The molecule has 0 unspecified atom stereocenters. The Morgan fingerprint density at radius 1 is 0.556 bits per heavy atom. The fourth-order valence-electron chi connectivity index (χ4n) is 6.69. The van der Waals surface area contributed by atoms with Crippen molar-refractivity contribution in [2.75, 3.05) is 41.9 Å². The summed E-state index contributed by atoms with van der Waals surface area (Å²) in [6.45, 7) is 2.14. The summed E-state index contributed by atoms with van der Waals surface area (Å²) in [6, 6.07) is 44.8. The number of hydrogen-bond donors (Lipinski definition) is 0. The number of aromatic nitrogens is 3. The van der Waals surface area contributed by atoms with Gasteiger partial charge in [0, 0.05) is 23.3 Å². The van der Waals surface area contributed by atoms with E-state index >= 15 is 0 Å². The van der Waals surface area contributed by atoms with Crippen molar-refractivity contribution in [2.45, 2.75) is 13.0 Å². The lowest BCUT2D eigenvalue weighted by Gasteiger charge is -2.22. The van der Waals surface area contributed by atoms with Crippen molar-refractivity contribution < 1.29 is 52.5 Å². The number of ether oxygens (including phenoxy) is 2. The van der Waals surface area contributed by atoms with E-state index in [0.717, 1.165) is 102 Å². The number of rotatable bonds is 12. The predicted octanol–water partition coefficient (Wildman–Crippen LogP) is 3.44. The van der Waals surface area contributed by atoms with Crippen molar-refractivity contribution >= 4 is 33.9 Å². The zero-order valence-electron chi connectivity index (χ0n) is 31.2. The Kier molecular flexibility index (Phi) is 13.6. The number of hydrogen-bond acceptors (Lipinski definition) is 5. The van der Waals surface area contributed by atoms with Crippen molar-refractivity contribution in [3.63, 3.8) is 0 Å². The van der Waals surface area contributed by atoms with Crippen LogP contribution in [0.15, 0.2) is 140 Å². The molecule has 0 fully saturated rings. The Labute approximate surface area is 343 Å². The van der Waals surface area contributed by atoms with Gasteiger partial charge in [0.25, 0.3) is 0 Å². The molecule has 7 rings (SSSR count). The molecule has 7 aromatic rings. The van der Waals surface area contributed by atoms with Gasteiger partial charge in [-0.3, -0.25) is 0 Å². The fraction of sp³-hybridized carbons (Fsp3) is 0.178. The summed E-state index contributed by atoms with van der Waals surface area (Å²) in [5.74, 6) is 1.64. The summed E-state index contributed by atoms with van der Waals surface area (Å²) in [4.78, 5) is 0. The van der Waals surface area contributed by atoms with Gasteiger partial charge in [0.1, 0.15) is 22.5 Å². The van der Waals surface area contributed by atoms with E-state index in [9.17, 15) is 0 Å². The molecule has 0 saturated carbocycles. The van der Waals surface area contributed by atoms with Gasteiger partial charge in [0.05, 0.1) is 60.1 Å². The van der Waals surface area contributed by atoms with Gasteiger partial charge in [-0.1, -0.05) is 91.0 Å². The van der Waals surface area contributed by atoms with Gasteiger partial charge in [0.15, 0.2) is 18.9 Å². The van der Waals surface area contributed by atoms with Crippen LogP contribution >= 0.6 is 11.7 Å². The number of aryl methyl sites for hydroxylation is 1. The predicted molar refractivity (Wildman–Crippen MR) is 213 cm³/mol. The van der Waals surface area contributed by atoms with Gasteiger partial charge < -0.3 is 47.9 Å². The topological polar surface area (TPSA) is 48.1 Å². The van der Waals surface area contributed by atoms with Gasteiger partial charge in [-0.15, -0.1) is 0 Å². The highest BCUT2D eigenvalue weighted by atomic mass is 79.9. The van der Waals surface area contributed by atoms with Gasteiger partial charge >= 0.3 is 0 Å². The second-order valence-electron chi connectivity index (χ2n) is 14.0. The van der Waals surface area contributed by atoms with E-state index in [4.69, 9.17) is 18.2 Å². The van der Waals surface area contributed by atoms with E-state index in [1.807, 2.05) is 24.3 Å². The second kappa shape index (κ2) is 18.1. The van der Waals surface area contributed by atoms with Crippen molar-refractivity contribution in [1.29, 1.82) is 0 Å². The average Bonchev–Trinajstić information content (AvgIpc) is 3.68. The number of quaternary nitrogens is 1. The number of nitrogens with zero attached hydrogens (tertiary/aromatic N) is 4. The quantitative estimate of drug-likeness (QED) is 0.108. The third-order valence-electron chi connectivity index (χ3n) is 9.42. The summed E-state index contributed by atoms with van der Waals surface area (Å²) >= 11 is 1.26. The molecule has 0 atom stereocenters. The van der Waals surface area contributed by atoms with Gasteiger partial charge in [-0.25, -0.2) is 4.57 Å². The molecule has 54 heavy (non-hydrogen) atoms. The SMILES string of the molecule is COc1ccc(/C(=C(\c2ccc(OC)cc2)c2ccc(-c3ccc(-c4cc[n+](CCC[N+](C)(C)C)cc4)c4nsnc34)cc2)c2ccccc2)cc1.[Br-].[Br-]. The van der Waals surface area contributed by atoms with Gasteiger partial charge in [-0.2, -0.15) is 8.75 Å². The zero-order valence-corrected chi connectivity index (χ0v) is 35.2. The minimum absolute atomic E-state index is 0. The molecule has 276 valence electrons. The molecule has 0 aliphatic heterocycles. The molecule has 0 spiro atoms. The molecular weight excluding hydrogens is 820 g/mol. The summed E-state index contributed by atoms with van der Waals surface area (Å²) in [7, 11) is 10.1. The van der Waals surface area contributed by atoms with Crippen LogP contribution in [0.2, 0.25) is 0 Å². The lowest BCUT2D eigenvalue weighted by atomic mass is 9.85. The van der Waals surface area contributed by atoms with E-state index in [2.05, 4.69) is 141 Å². The van der Waals surface area contributed by atoms with Crippen LogP contribution in [0.1, 0.15) is 28.7 Å². The summed E-state index contributed by atoms with van der Waals surface area (Å²) in [5.41, 5.74) is 12.9. The number of methoxy groups -OCH3 is 2. The van der Waals surface area contributed by atoms with Crippen LogP contribution in [0.4, 0.5) is 0 Å².